The molecule has 0 heterocycles. The monoisotopic (exact) mass is 326 g/mol. The van der Waals surface area contributed by atoms with E-state index in [1.165, 1.54) is 5.56 Å². The normalized spacial score (nSPS) is 13.1. The minimum absolute atomic E-state index is 0.0225. The quantitative estimate of drug-likeness (QED) is 0.844. The van der Waals surface area contributed by atoms with E-state index in [0.717, 1.165) is 10.9 Å². The van der Waals surface area contributed by atoms with E-state index in [1.807, 2.05) is 19.1 Å². The molecule has 1 aromatic carbocycles. The molecule has 0 saturated heterocycles. The molecule has 0 bridgehead atoms. The molecule has 106 valence electrons. The first-order valence-electron chi connectivity index (χ1n) is 6.60. The van der Waals surface area contributed by atoms with Crippen LogP contribution < -0.4 is 11.1 Å². The molecule has 1 unspecified atom stereocenters. The van der Waals surface area contributed by atoms with Crippen molar-refractivity contribution in [1.82, 2.24) is 5.32 Å². The number of amides is 1. The van der Waals surface area contributed by atoms with Gasteiger partial charge in [-0.15, -0.1) is 0 Å². The first-order chi connectivity index (χ1) is 8.86. The molecule has 0 aliphatic carbocycles. The zero-order chi connectivity index (χ0) is 14.5. The summed E-state index contributed by atoms with van der Waals surface area (Å²) < 4.78 is 1.06. The molecule has 1 amide bonds. The molecule has 0 radical (unpaired) electrons. The number of carbonyl (C=O) groups is 1. The Bertz CT molecular complexity index is 415. The smallest absolute Gasteiger partial charge is 0.222 e. The summed E-state index contributed by atoms with van der Waals surface area (Å²) >= 11 is 3.43. The van der Waals surface area contributed by atoms with Gasteiger partial charge in [0.05, 0.1) is 0 Å². The van der Waals surface area contributed by atoms with Crippen LogP contribution in [0.25, 0.3) is 0 Å². The van der Waals surface area contributed by atoms with Gasteiger partial charge >= 0.3 is 0 Å². The molecular formula is C15H23BrN2O. The molecule has 1 rings (SSSR count). The number of halogens is 1. The van der Waals surface area contributed by atoms with Crippen LogP contribution in [0.4, 0.5) is 0 Å². The van der Waals surface area contributed by atoms with E-state index < -0.39 is 0 Å². The average molecular weight is 327 g/mol. The first-order valence-corrected chi connectivity index (χ1v) is 7.40. The SMILES string of the molecule is CC(CCN)C(=O)NCC(C)(C)c1ccc(Br)cc1. The lowest BCUT2D eigenvalue weighted by Gasteiger charge is -2.26. The fraction of sp³-hybridized carbons (Fsp3) is 0.533. The minimum atomic E-state index is -0.0845. The summed E-state index contributed by atoms with van der Waals surface area (Å²) in [6.07, 6.45) is 0.727. The maximum atomic E-state index is 11.9. The second kappa shape index (κ2) is 7.06. The summed E-state index contributed by atoms with van der Waals surface area (Å²) in [6, 6.07) is 8.21. The molecule has 3 N–H and O–H groups in total. The maximum Gasteiger partial charge on any atom is 0.222 e. The molecule has 0 saturated carbocycles. The van der Waals surface area contributed by atoms with Crippen LogP contribution >= 0.6 is 15.9 Å². The Balaban J connectivity index is 2.60. The van der Waals surface area contributed by atoms with Crippen LogP contribution in [0.15, 0.2) is 28.7 Å². The molecule has 4 heteroatoms. The van der Waals surface area contributed by atoms with E-state index in [0.29, 0.717) is 13.1 Å². The predicted molar refractivity (Wildman–Crippen MR) is 83.0 cm³/mol. The van der Waals surface area contributed by atoms with Crippen molar-refractivity contribution in [3.8, 4) is 0 Å². The van der Waals surface area contributed by atoms with Gasteiger partial charge in [-0.1, -0.05) is 48.8 Å². The van der Waals surface area contributed by atoms with Crippen LogP contribution in [-0.2, 0) is 10.2 Å². The van der Waals surface area contributed by atoms with Crippen LogP contribution in [0.2, 0.25) is 0 Å². The van der Waals surface area contributed by atoms with Crippen LogP contribution in [0, 0.1) is 5.92 Å². The van der Waals surface area contributed by atoms with E-state index in [-0.39, 0.29) is 17.2 Å². The lowest BCUT2D eigenvalue weighted by Crippen LogP contribution is -2.39. The van der Waals surface area contributed by atoms with Gasteiger partial charge in [0.2, 0.25) is 5.91 Å². The zero-order valence-corrected chi connectivity index (χ0v) is 13.5. The van der Waals surface area contributed by atoms with E-state index in [2.05, 4.69) is 47.2 Å². The molecule has 3 nitrogen and oxygen atoms in total. The molecule has 0 aliphatic rings. The van der Waals surface area contributed by atoms with Crippen molar-refractivity contribution in [1.29, 1.82) is 0 Å². The standard InChI is InChI=1S/C15H23BrN2O/c1-11(8-9-17)14(19)18-10-15(2,3)12-4-6-13(16)7-5-12/h4-7,11H,8-10,17H2,1-3H3,(H,18,19). The van der Waals surface area contributed by atoms with Crippen LogP contribution in [-0.4, -0.2) is 19.0 Å². The number of hydrogen-bond donors (Lipinski definition) is 2. The molecular weight excluding hydrogens is 304 g/mol. The van der Waals surface area contributed by atoms with Gasteiger partial charge in [-0.25, -0.2) is 0 Å². The van der Waals surface area contributed by atoms with Crippen LogP contribution in [0.5, 0.6) is 0 Å². The second-order valence-corrected chi connectivity index (χ2v) is 6.50. The number of nitrogens with two attached hydrogens (primary N) is 1. The summed E-state index contributed by atoms with van der Waals surface area (Å²) in [5.74, 6) is 0.0568. The molecule has 0 spiro atoms. The third kappa shape index (κ3) is 4.96. The van der Waals surface area contributed by atoms with E-state index >= 15 is 0 Å². The Labute approximate surface area is 124 Å². The molecule has 1 aromatic rings. The summed E-state index contributed by atoms with van der Waals surface area (Å²) in [5, 5.41) is 3.01. The fourth-order valence-electron chi connectivity index (χ4n) is 1.87. The van der Waals surface area contributed by atoms with Gasteiger partial charge in [-0.05, 0) is 30.7 Å². The fourth-order valence-corrected chi connectivity index (χ4v) is 2.13. The van der Waals surface area contributed by atoms with Gasteiger partial charge in [0.15, 0.2) is 0 Å². The van der Waals surface area contributed by atoms with Crippen LogP contribution in [0.3, 0.4) is 0 Å². The Morgan fingerprint density at radius 1 is 1.37 bits per heavy atom. The largest absolute Gasteiger partial charge is 0.355 e. The lowest BCUT2D eigenvalue weighted by molar-refractivity contribution is -0.124. The number of rotatable bonds is 6. The minimum Gasteiger partial charge on any atom is -0.355 e. The van der Waals surface area contributed by atoms with Gasteiger partial charge in [0.25, 0.3) is 0 Å². The summed E-state index contributed by atoms with van der Waals surface area (Å²) in [7, 11) is 0. The molecule has 0 fully saturated rings. The highest BCUT2D eigenvalue weighted by atomic mass is 79.9. The van der Waals surface area contributed by atoms with Crippen molar-refractivity contribution >= 4 is 21.8 Å². The number of nitrogens with one attached hydrogen (secondary N) is 1. The number of hydrogen-bond acceptors (Lipinski definition) is 2. The van der Waals surface area contributed by atoms with Crippen molar-refractivity contribution in [2.45, 2.75) is 32.6 Å². The molecule has 19 heavy (non-hydrogen) atoms. The maximum absolute atomic E-state index is 11.9. The van der Waals surface area contributed by atoms with E-state index in [9.17, 15) is 4.79 Å². The van der Waals surface area contributed by atoms with E-state index in [1.54, 1.807) is 0 Å². The average Bonchev–Trinajstić information content (AvgIpc) is 2.37. The molecule has 0 aromatic heterocycles. The highest BCUT2D eigenvalue weighted by Crippen LogP contribution is 2.24. The second-order valence-electron chi connectivity index (χ2n) is 5.59. The van der Waals surface area contributed by atoms with Gasteiger partial charge in [0, 0.05) is 22.4 Å². The highest BCUT2D eigenvalue weighted by molar-refractivity contribution is 9.10. The van der Waals surface area contributed by atoms with Gasteiger partial charge < -0.3 is 11.1 Å². The Hall–Kier alpha value is -0.870. The van der Waals surface area contributed by atoms with Crippen molar-refractivity contribution < 1.29 is 4.79 Å². The van der Waals surface area contributed by atoms with Crippen molar-refractivity contribution in [2.75, 3.05) is 13.1 Å². The summed E-state index contributed by atoms with van der Waals surface area (Å²) in [5.41, 5.74) is 6.60. The lowest BCUT2D eigenvalue weighted by atomic mass is 9.84. The van der Waals surface area contributed by atoms with Crippen molar-refractivity contribution in [2.24, 2.45) is 11.7 Å². The third-order valence-electron chi connectivity index (χ3n) is 3.38. The van der Waals surface area contributed by atoms with Gasteiger partial charge in [0.1, 0.15) is 0 Å². The Kier molecular flexibility index (Phi) is 6.01. The molecule has 1 atom stereocenters. The van der Waals surface area contributed by atoms with Crippen molar-refractivity contribution in [3.05, 3.63) is 34.3 Å². The number of benzene rings is 1. The van der Waals surface area contributed by atoms with E-state index in [4.69, 9.17) is 5.73 Å². The van der Waals surface area contributed by atoms with Crippen LogP contribution in [0.1, 0.15) is 32.8 Å². The Morgan fingerprint density at radius 2 is 1.95 bits per heavy atom. The van der Waals surface area contributed by atoms with Gasteiger partial charge in [-0.2, -0.15) is 0 Å². The summed E-state index contributed by atoms with van der Waals surface area (Å²) in [4.78, 5) is 11.9. The third-order valence-corrected chi connectivity index (χ3v) is 3.91. The Morgan fingerprint density at radius 3 is 2.47 bits per heavy atom. The zero-order valence-electron chi connectivity index (χ0n) is 11.9. The van der Waals surface area contributed by atoms with Gasteiger partial charge in [-0.3, -0.25) is 4.79 Å². The molecule has 0 aliphatic heterocycles. The first kappa shape index (κ1) is 16.2. The topological polar surface area (TPSA) is 55.1 Å². The highest BCUT2D eigenvalue weighted by Gasteiger charge is 2.22. The predicted octanol–water partition coefficient (Wildman–Crippen LogP) is 2.83. The summed E-state index contributed by atoms with van der Waals surface area (Å²) in [6.45, 7) is 7.34. The van der Waals surface area contributed by atoms with Crippen molar-refractivity contribution in [3.63, 3.8) is 0 Å². The number of carbonyl (C=O) groups excluding carboxylic acids is 1.